The highest BCUT2D eigenvalue weighted by Crippen LogP contribution is 2.47. The molecule has 4 rings (SSSR count). The summed E-state index contributed by atoms with van der Waals surface area (Å²) < 4.78 is 4.70. The second-order valence-corrected chi connectivity index (χ2v) is 8.36. The minimum absolute atomic E-state index is 0.0115. The Morgan fingerprint density at radius 3 is 2.42 bits per heavy atom. The van der Waals surface area contributed by atoms with Crippen LogP contribution in [-0.2, 0) is 20.7 Å². The molecule has 7 heteroatoms. The number of carbonyl (C=O) groups excluding carboxylic acids is 2. The Morgan fingerprint density at radius 1 is 1.19 bits per heavy atom. The van der Waals surface area contributed by atoms with E-state index in [1.165, 1.54) is 7.11 Å². The molecule has 0 unspecified atom stereocenters. The molecule has 1 aliphatic heterocycles. The molecule has 2 aromatic carbocycles. The number of benzene rings is 2. The number of amides is 1. The summed E-state index contributed by atoms with van der Waals surface area (Å²) >= 11 is 5.80. The molecule has 1 saturated heterocycles. The van der Waals surface area contributed by atoms with Gasteiger partial charge in [0.25, 0.3) is 5.91 Å². The number of ether oxygens (including phenoxy) is 1. The molecule has 1 saturated carbocycles. The average molecular weight is 434 g/mol. The fourth-order valence-corrected chi connectivity index (χ4v) is 4.75. The first-order valence-corrected chi connectivity index (χ1v) is 10.7. The summed E-state index contributed by atoms with van der Waals surface area (Å²) in [6.45, 7) is 1.86. The molecule has 1 spiro atoms. The molecule has 1 heterocycles. The van der Waals surface area contributed by atoms with Gasteiger partial charge < -0.3 is 9.64 Å². The molecule has 2 aliphatic rings. The number of anilines is 2. The van der Waals surface area contributed by atoms with E-state index in [4.69, 9.17) is 17.0 Å². The molecule has 0 N–H and O–H groups in total. The van der Waals surface area contributed by atoms with Crippen LogP contribution in [0.15, 0.2) is 42.5 Å². The van der Waals surface area contributed by atoms with E-state index in [1.54, 1.807) is 17.0 Å². The number of carbonyl (C=O) groups is 2. The summed E-state index contributed by atoms with van der Waals surface area (Å²) in [7, 11) is 1.38. The molecule has 6 nitrogen and oxygen atoms in total. The third-order valence-corrected chi connectivity index (χ3v) is 6.59. The van der Waals surface area contributed by atoms with Gasteiger partial charge in [0.05, 0.1) is 24.4 Å². The summed E-state index contributed by atoms with van der Waals surface area (Å²) in [6.07, 6.45) is 3.40. The van der Waals surface area contributed by atoms with Crippen LogP contribution in [0.1, 0.15) is 42.4 Å². The number of thiocarbonyl (C=S) groups is 1. The molecule has 1 amide bonds. The quantitative estimate of drug-likeness (QED) is 0.524. The van der Waals surface area contributed by atoms with Gasteiger partial charge in [-0.3, -0.25) is 14.5 Å². The SMILES string of the molecule is COC(=O)CCc1ccc(N2C(=S)N(c3ccc(C#N)c(C)c3)C(=O)C23CCC3)cc1. The predicted octanol–water partition coefficient (Wildman–Crippen LogP) is 4.03. The molecule has 31 heavy (non-hydrogen) atoms. The maximum atomic E-state index is 13.5. The van der Waals surface area contributed by atoms with E-state index in [2.05, 4.69) is 6.07 Å². The van der Waals surface area contributed by atoms with E-state index in [0.29, 0.717) is 29.2 Å². The molecule has 0 aromatic heterocycles. The van der Waals surface area contributed by atoms with Gasteiger partial charge in [-0.1, -0.05) is 12.1 Å². The zero-order valence-corrected chi connectivity index (χ0v) is 18.4. The summed E-state index contributed by atoms with van der Waals surface area (Å²) in [6, 6.07) is 15.4. The van der Waals surface area contributed by atoms with Crippen LogP contribution in [0.3, 0.4) is 0 Å². The van der Waals surface area contributed by atoms with Crippen molar-refractivity contribution in [1.82, 2.24) is 0 Å². The minimum atomic E-state index is -0.646. The van der Waals surface area contributed by atoms with Crippen LogP contribution in [0.5, 0.6) is 0 Å². The van der Waals surface area contributed by atoms with Crippen molar-refractivity contribution in [2.24, 2.45) is 0 Å². The van der Waals surface area contributed by atoms with Gasteiger partial charge in [-0.15, -0.1) is 0 Å². The molecule has 1 aliphatic carbocycles. The van der Waals surface area contributed by atoms with Crippen molar-refractivity contribution in [2.45, 2.75) is 44.6 Å². The van der Waals surface area contributed by atoms with Crippen LogP contribution in [0.25, 0.3) is 0 Å². The number of hydrogen-bond donors (Lipinski definition) is 0. The molecule has 2 fully saturated rings. The number of rotatable bonds is 5. The number of hydrogen-bond acceptors (Lipinski definition) is 5. The fourth-order valence-electron chi connectivity index (χ4n) is 4.28. The Hall–Kier alpha value is -3.24. The van der Waals surface area contributed by atoms with Crippen molar-refractivity contribution in [3.8, 4) is 6.07 Å². The highest BCUT2D eigenvalue weighted by atomic mass is 32.1. The van der Waals surface area contributed by atoms with E-state index < -0.39 is 5.54 Å². The number of methoxy groups -OCH3 is 1. The zero-order valence-electron chi connectivity index (χ0n) is 17.6. The molecular weight excluding hydrogens is 410 g/mol. The van der Waals surface area contributed by atoms with Crippen LogP contribution in [0.2, 0.25) is 0 Å². The van der Waals surface area contributed by atoms with Gasteiger partial charge in [0.15, 0.2) is 5.11 Å². The van der Waals surface area contributed by atoms with Gasteiger partial charge in [-0.2, -0.15) is 5.26 Å². The van der Waals surface area contributed by atoms with Crippen molar-refractivity contribution in [2.75, 3.05) is 16.9 Å². The third kappa shape index (κ3) is 3.47. The van der Waals surface area contributed by atoms with Gasteiger partial charge in [0, 0.05) is 12.1 Å². The molecule has 158 valence electrons. The van der Waals surface area contributed by atoms with Crippen molar-refractivity contribution in [1.29, 1.82) is 5.26 Å². The first-order valence-electron chi connectivity index (χ1n) is 10.3. The Kier molecular flexibility index (Phi) is 5.50. The van der Waals surface area contributed by atoms with E-state index >= 15 is 0 Å². The lowest BCUT2D eigenvalue weighted by molar-refractivity contribution is -0.140. The third-order valence-electron chi connectivity index (χ3n) is 6.22. The lowest BCUT2D eigenvalue weighted by Gasteiger charge is -2.43. The van der Waals surface area contributed by atoms with Gasteiger partial charge in [0.1, 0.15) is 5.54 Å². The fraction of sp³-hybridized carbons (Fsp3) is 0.333. The van der Waals surface area contributed by atoms with E-state index in [1.807, 2.05) is 42.2 Å². The van der Waals surface area contributed by atoms with E-state index in [-0.39, 0.29) is 11.9 Å². The van der Waals surface area contributed by atoms with Gasteiger partial charge in [-0.25, -0.2) is 0 Å². The van der Waals surface area contributed by atoms with Crippen molar-refractivity contribution < 1.29 is 14.3 Å². The van der Waals surface area contributed by atoms with Gasteiger partial charge >= 0.3 is 5.97 Å². The summed E-state index contributed by atoms with van der Waals surface area (Å²) in [4.78, 5) is 28.5. The molecular formula is C24H23N3O3S. The lowest BCUT2D eigenvalue weighted by Crippen LogP contribution is -2.55. The maximum Gasteiger partial charge on any atom is 0.305 e. The van der Waals surface area contributed by atoms with Crippen molar-refractivity contribution in [3.63, 3.8) is 0 Å². The standard InChI is InChI=1S/C24H23N3O3S/c1-16-14-20(10-7-18(16)15-25)26-22(29)24(12-3-13-24)27(23(26)31)19-8-4-17(5-9-19)6-11-21(28)30-2/h4-5,7-10,14H,3,6,11-13H2,1-2H3. The largest absolute Gasteiger partial charge is 0.469 e. The van der Waals surface area contributed by atoms with Crippen molar-refractivity contribution in [3.05, 3.63) is 59.2 Å². The lowest BCUT2D eigenvalue weighted by atomic mass is 9.75. The van der Waals surface area contributed by atoms with Crippen LogP contribution in [0, 0.1) is 18.3 Å². The van der Waals surface area contributed by atoms with Gasteiger partial charge in [-0.05, 0) is 86.3 Å². The zero-order chi connectivity index (χ0) is 22.2. The summed E-state index contributed by atoms with van der Waals surface area (Å²) in [5.41, 5.74) is 3.33. The Bertz CT molecular complexity index is 1100. The van der Waals surface area contributed by atoms with Gasteiger partial charge in [0.2, 0.25) is 0 Å². The number of esters is 1. The number of nitriles is 1. The maximum absolute atomic E-state index is 13.5. The second kappa shape index (κ2) is 8.12. The Balaban J connectivity index is 1.64. The topological polar surface area (TPSA) is 73.6 Å². The summed E-state index contributed by atoms with van der Waals surface area (Å²) in [5, 5.41) is 9.67. The Morgan fingerprint density at radius 2 is 1.87 bits per heavy atom. The molecule has 0 atom stereocenters. The monoisotopic (exact) mass is 433 g/mol. The first kappa shape index (κ1) is 21.0. The molecule has 2 aromatic rings. The number of nitrogens with zero attached hydrogens (tertiary/aromatic N) is 3. The highest BCUT2D eigenvalue weighted by molar-refractivity contribution is 7.81. The smallest absolute Gasteiger partial charge is 0.305 e. The van der Waals surface area contributed by atoms with Crippen molar-refractivity contribution >= 4 is 40.6 Å². The minimum Gasteiger partial charge on any atom is -0.469 e. The molecule has 0 bridgehead atoms. The molecule has 0 radical (unpaired) electrons. The normalized spacial score (nSPS) is 16.9. The Labute approximate surface area is 187 Å². The first-order chi connectivity index (χ1) is 14.9. The second-order valence-electron chi connectivity index (χ2n) is 8.00. The van der Waals surface area contributed by atoms with Crippen LogP contribution < -0.4 is 9.80 Å². The number of aryl methyl sites for hydroxylation is 2. The van der Waals surface area contributed by atoms with Crippen LogP contribution in [0.4, 0.5) is 11.4 Å². The van der Waals surface area contributed by atoms with E-state index in [9.17, 15) is 14.9 Å². The van der Waals surface area contributed by atoms with E-state index in [0.717, 1.165) is 36.1 Å². The predicted molar refractivity (Wildman–Crippen MR) is 122 cm³/mol. The average Bonchev–Trinajstić information content (AvgIpc) is 2.99. The summed E-state index contributed by atoms with van der Waals surface area (Å²) in [5.74, 6) is -0.250. The van der Waals surface area contributed by atoms with Crippen LogP contribution >= 0.6 is 12.2 Å². The highest BCUT2D eigenvalue weighted by Gasteiger charge is 2.59. The van der Waals surface area contributed by atoms with Crippen LogP contribution in [-0.4, -0.2) is 29.6 Å².